The molecule has 15 heavy (non-hydrogen) atoms. The Kier molecular flexibility index (Phi) is 4.15. The summed E-state index contributed by atoms with van der Waals surface area (Å²) in [7, 11) is 0. The molecule has 1 unspecified atom stereocenters. The number of anilines is 1. The predicted molar refractivity (Wildman–Crippen MR) is 66.9 cm³/mol. The summed E-state index contributed by atoms with van der Waals surface area (Å²) in [5, 5.41) is 3.50. The van der Waals surface area contributed by atoms with E-state index in [0.29, 0.717) is 6.04 Å². The van der Waals surface area contributed by atoms with E-state index in [1.54, 1.807) is 0 Å². The van der Waals surface area contributed by atoms with Gasteiger partial charge in [-0.2, -0.15) is 0 Å². The lowest BCUT2D eigenvalue weighted by molar-refractivity contribution is 0.532. The number of hydrogen-bond acceptors (Lipinski definition) is 2. The zero-order valence-corrected chi connectivity index (χ0v) is 10.2. The van der Waals surface area contributed by atoms with E-state index in [4.69, 9.17) is 5.73 Å². The van der Waals surface area contributed by atoms with Crippen molar-refractivity contribution in [3.8, 4) is 0 Å². The van der Waals surface area contributed by atoms with Crippen molar-refractivity contribution in [3.63, 3.8) is 0 Å². The summed E-state index contributed by atoms with van der Waals surface area (Å²) < 4.78 is 0. The van der Waals surface area contributed by atoms with Gasteiger partial charge in [0, 0.05) is 18.3 Å². The van der Waals surface area contributed by atoms with Crippen LogP contribution >= 0.6 is 0 Å². The molecule has 0 saturated heterocycles. The van der Waals surface area contributed by atoms with Crippen LogP contribution in [0.1, 0.15) is 37.0 Å². The number of rotatable bonds is 4. The molecule has 2 nitrogen and oxygen atoms in total. The summed E-state index contributed by atoms with van der Waals surface area (Å²) in [6.07, 6.45) is 1.15. The number of nitrogens with one attached hydrogen (secondary N) is 1. The highest BCUT2D eigenvalue weighted by atomic mass is 14.9. The summed E-state index contributed by atoms with van der Waals surface area (Å²) in [6.45, 7) is 9.54. The van der Waals surface area contributed by atoms with Gasteiger partial charge in [-0.3, -0.25) is 0 Å². The van der Waals surface area contributed by atoms with Gasteiger partial charge in [-0.05, 0) is 49.9 Å². The number of aryl methyl sites for hydroxylation is 1. The van der Waals surface area contributed by atoms with Crippen LogP contribution < -0.4 is 11.1 Å². The number of hydrogen-bond donors (Lipinski definition) is 2. The molecule has 0 spiro atoms. The van der Waals surface area contributed by atoms with Gasteiger partial charge in [-0.15, -0.1) is 0 Å². The summed E-state index contributed by atoms with van der Waals surface area (Å²) in [4.78, 5) is 0. The topological polar surface area (TPSA) is 38.0 Å². The standard InChI is InChI=1S/C13H22N2/c1-5-10(3)15-8-12-9(2)6-7-13(14)11(12)4/h6-7,10,15H,5,8,14H2,1-4H3. The zero-order chi connectivity index (χ0) is 11.4. The second-order valence-electron chi connectivity index (χ2n) is 4.27. The fourth-order valence-corrected chi connectivity index (χ4v) is 1.60. The summed E-state index contributed by atoms with van der Waals surface area (Å²) >= 11 is 0. The molecule has 1 rings (SSSR count). The second kappa shape index (κ2) is 5.17. The Bertz CT molecular complexity index is 332. The maximum Gasteiger partial charge on any atom is 0.0347 e. The first kappa shape index (κ1) is 12.1. The third kappa shape index (κ3) is 2.96. The van der Waals surface area contributed by atoms with Gasteiger partial charge in [-0.1, -0.05) is 13.0 Å². The van der Waals surface area contributed by atoms with Crippen molar-refractivity contribution >= 4 is 5.69 Å². The first-order valence-electron chi connectivity index (χ1n) is 5.64. The normalized spacial score (nSPS) is 12.8. The lowest BCUT2D eigenvalue weighted by atomic mass is 10.0. The van der Waals surface area contributed by atoms with E-state index in [9.17, 15) is 0 Å². The average molecular weight is 206 g/mol. The molecule has 0 bridgehead atoms. The van der Waals surface area contributed by atoms with Crippen LogP contribution in [0.4, 0.5) is 5.69 Å². The molecule has 1 aromatic carbocycles. The Morgan fingerprint density at radius 3 is 2.60 bits per heavy atom. The molecule has 3 N–H and O–H groups in total. The minimum absolute atomic E-state index is 0.560. The Labute approximate surface area is 92.9 Å². The number of nitrogen functional groups attached to an aromatic ring is 1. The summed E-state index contributed by atoms with van der Waals surface area (Å²) in [5.41, 5.74) is 10.7. The SMILES string of the molecule is CCC(C)NCc1c(C)ccc(N)c1C. The minimum Gasteiger partial charge on any atom is -0.399 e. The fraction of sp³-hybridized carbons (Fsp3) is 0.538. The molecule has 1 aromatic rings. The molecule has 0 amide bonds. The molecule has 0 fully saturated rings. The molecule has 0 aliphatic heterocycles. The number of nitrogens with two attached hydrogens (primary N) is 1. The average Bonchev–Trinajstić information content (AvgIpc) is 2.23. The van der Waals surface area contributed by atoms with Crippen LogP contribution in [0.15, 0.2) is 12.1 Å². The maximum atomic E-state index is 5.90. The van der Waals surface area contributed by atoms with Crippen LogP contribution in [0.2, 0.25) is 0 Å². The highest BCUT2D eigenvalue weighted by Crippen LogP contribution is 2.19. The van der Waals surface area contributed by atoms with Gasteiger partial charge in [0.15, 0.2) is 0 Å². The Hall–Kier alpha value is -1.02. The molecule has 0 aromatic heterocycles. The molecule has 1 atom stereocenters. The maximum absolute atomic E-state index is 5.90. The van der Waals surface area contributed by atoms with Crippen LogP contribution in [0.3, 0.4) is 0 Å². The van der Waals surface area contributed by atoms with Gasteiger partial charge in [0.2, 0.25) is 0 Å². The van der Waals surface area contributed by atoms with Gasteiger partial charge < -0.3 is 11.1 Å². The smallest absolute Gasteiger partial charge is 0.0347 e. The van der Waals surface area contributed by atoms with Crippen LogP contribution in [0.5, 0.6) is 0 Å². The first-order valence-corrected chi connectivity index (χ1v) is 5.64. The minimum atomic E-state index is 0.560. The number of benzene rings is 1. The van der Waals surface area contributed by atoms with E-state index < -0.39 is 0 Å². The largest absolute Gasteiger partial charge is 0.399 e. The van der Waals surface area contributed by atoms with Crippen molar-refractivity contribution in [2.24, 2.45) is 0 Å². The van der Waals surface area contributed by atoms with Crippen LogP contribution in [-0.4, -0.2) is 6.04 Å². The van der Waals surface area contributed by atoms with Gasteiger partial charge in [0.25, 0.3) is 0 Å². The highest BCUT2D eigenvalue weighted by molar-refractivity contribution is 5.52. The summed E-state index contributed by atoms with van der Waals surface area (Å²) in [6, 6.07) is 4.64. The van der Waals surface area contributed by atoms with Crippen LogP contribution in [-0.2, 0) is 6.54 Å². The zero-order valence-electron chi connectivity index (χ0n) is 10.2. The predicted octanol–water partition coefficient (Wildman–Crippen LogP) is 2.77. The van der Waals surface area contributed by atoms with E-state index in [-0.39, 0.29) is 0 Å². The van der Waals surface area contributed by atoms with Crippen molar-refractivity contribution < 1.29 is 0 Å². The van der Waals surface area contributed by atoms with Gasteiger partial charge in [-0.25, -0.2) is 0 Å². The molecule has 84 valence electrons. The molecule has 0 radical (unpaired) electrons. The Morgan fingerprint density at radius 1 is 1.33 bits per heavy atom. The van der Waals surface area contributed by atoms with Gasteiger partial charge >= 0.3 is 0 Å². The van der Waals surface area contributed by atoms with E-state index in [1.807, 2.05) is 6.07 Å². The van der Waals surface area contributed by atoms with Crippen molar-refractivity contribution in [3.05, 3.63) is 28.8 Å². The lowest BCUT2D eigenvalue weighted by Crippen LogP contribution is -2.25. The van der Waals surface area contributed by atoms with E-state index in [1.165, 1.54) is 16.7 Å². The van der Waals surface area contributed by atoms with Gasteiger partial charge in [0.05, 0.1) is 0 Å². The Morgan fingerprint density at radius 2 is 2.00 bits per heavy atom. The van der Waals surface area contributed by atoms with E-state index in [2.05, 4.69) is 39.1 Å². The van der Waals surface area contributed by atoms with Crippen molar-refractivity contribution in [1.82, 2.24) is 5.32 Å². The first-order chi connectivity index (χ1) is 7.06. The molecular formula is C13H22N2. The quantitative estimate of drug-likeness (QED) is 0.743. The monoisotopic (exact) mass is 206 g/mol. The second-order valence-corrected chi connectivity index (χ2v) is 4.27. The molecule has 0 aliphatic carbocycles. The van der Waals surface area contributed by atoms with Crippen molar-refractivity contribution in [2.45, 2.75) is 46.7 Å². The van der Waals surface area contributed by atoms with Crippen molar-refractivity contribution in [1.29, 1.82) is 0 Å². The third-order valence-corrected chi connectivity index (χ3v) is 3.11. The molecule has 0 aliphatic rings. The van der Waals surface area contributed by atoms with E-state index >= 15 is 0 Å². The molecule has 0 saturated carbocycles. The molecule has 0 heterocycles. The summed E-state index contributed by atoms with van der Waals surface area (Å²) in [5.74, 6) is 0. The lowest BCUT2D eigenvalue weighted by Gasteiger charge is -2.16. The van der Waals surface area contributed by atoms with Crippen LogP contribution in [0, 0.1) is 13.8 Å². The molecule has 2 heteroatoms. The van der Waals surface area contributed by atoms with E-state index in [0.717, 1.165) is 18.7 Å². The Balaban J connectivity index is 2.80. The fourth-order valence-electron chi connectivity index (χ4n) is 1.60. The van der Waals surface area contributed by atoms with Gasteiger partial charge in [0.1, 0.15) is 0 Å². The van der Waals surface area contributed by atoms with Crippen molar-refractivity contribution in [2.75, 3.05) is 5.73 Å². The third-order valence-electron chi connectivity index (χ3n) is 3.11. The molecular weight excluding hydrogens is 184 g/mol. The highest BCUT2D eigenvalue weighted by Gasteiger charge is 2.06. The van der Waals surface area contributed by atoms with Crippen LogP contribution in [0.25, 0.3) is 0 Å².